The lowest BCUT2D eigenvalue weighted by Crippen LogP contribution is -2.16. The van der Waals surface area contributed by atoms with Crippen LogP contribution in [0.4, 0.5) is 10.1 Å². The molecular formula is C19H18FNO4. The van der Waals surface area contributed by atoms with Crippen molar-refractivity contribution in [3.05, 3.63) is 53.4 Å². The minimum atomic E-state index is -0.401. The largest absolute Gasteiger partial charge is 0.493 e. The van der Waals surface area contributed by atoms with Crippen LogP contribution in [0.3, 0.4) is 0 Å². The van der Waals surface area contributed by atoms with Crippen LogP contribution in [-0.4, -0.2) is 26.2 Å². The second-order valence-corrected chi connectivity index (χ2v) is 5.53. The first-order valence-corrected chi connectivity index (χ1v) is 7.79. The molecule has 0 spiro atoms. The Morgan fingerprint density at radius 1 is 1.24 bits per heavy atom. The summed E-state index contributed by atoms with van der Waals surface area (Å²) < 4.78 is 29.7. The zero-order valence-corrected chi connectivity index (χ0v) is 14.0. The zero-order valence-electron chi connectivity index (χ0n) is 14.0. The van der Waals surface area contributed by atoms with Crippen molar-refractivity contribution in [3.8, 4) is 17.2 Å². The van der Waals surface area contributed by atoms with Crippen LogP contribution in [0.5, 0.6) is 17.2 Å². The maximum Gasteiger partial charge on any atom is 0.248 e. The summed E-state index contributed by atoms with van der Waals surface area (Å²) in [6, 6.07) is 7.77. The first kappa shape index (κ1) is 16.8. The van der Waals surface area contributed by atoms with E-state index in [1.807, 2.05) is 0 Å². The quantitative estimate of drug-likeness (QED) is 0.863. The Hall–Kier alpha value is -3.02. The van der Waals surface area contributed by atoms with Gasteiger partial charge in [-0.25, -0.2) is 4.39 Å². The summed E-state index contributed by atoms with van der Waals surface area (Å²) in [4.78, 5) is 12.1. The van der Waals surface area contributed by atoms with E-state index in [0.29, 0.717) is 36.1 Å². The van der Waals surface area contributed by atoms with E-state index in [2.05, 4.69) is 5.32 Å². The Kier molecular flexibility index (Phi) is 4.88. The van der Waals surface area contributed by atoms with Gasteiger partial charge < -0.3 is 19.5 Å². The number of rotatable bonds is 4. The van der Waals surface area contributed by atoms with Gasteiger partial charge in [0.2, 0.25) is 11.7 Å². The van der Waals surface area contributed by atoms with Crippen LogP contribution in [0, 0.1) is 12.7 Å². The number of anilines is 1. The lowest BCUT2D eigenvalue weighted by molar-refractivity contribution is -0.111. The number of benzene rings is 2. The monoisotopic (exact) mass is 343 g/mol. The second kappa shape index (κ2) is 7.25. The SMILES string of the molecule is COc1cc(C=CC(=O)Nc2cc(F)ccc2C)cc2c1OCCO2. The maximum atomic E-state index is 13.3. The molecule has 0 bridgehead atoms. The van der Waals surface area contributed by atoms with Crippen molar-refractivity contribution in [3.63, 3.8) is 0 Å². The molecule has 1 aliphatic rings. The van der Waals surface area contributed by atoms with Crippen molar-refractivity contribution < 1.29 is 23.4 Å². The summed E-state index contributed by atoms with van der Waals surface area (Å²) in [6.45, 7) is 2.72. The third kappa shape index (κ3) is 3.91. The van der Waals surface area contributed by atoms with Gasteiger partial charge in [-0.3, -0.25) is 4.79 Å². The third-order valence-corrected chi connectivity index (χ3v) is 3.73. The number of aryl methyl sites for hydroxylation is 1. The van der Waals surface area contributed by atoms with Gasteiger partial charge >= 0.3 is 0 Å². The van der Waals surface area contributed by atoms with Crippen LogP contribution in [-0.2, 0) is 4.79 Å². The van der Waals surface area contributed by atoms with Crippen LogP contribution >= 0.6 is 0 Å². The predicted octanol–water partition coefficient (Wildman–Crippen LogP) is 3.57. The van der Waals surface area contributed by atoms with Gasteiger partial charge in [-0.05, 0) is 48.4 Å². The summed E-state index contributed by atoms with van der Waals surface area (Å²) >= 11 is 0. The second-order valence-electron chi connectivity index (χ2n) is 5.53. The van der Waals surface area contributed by atoms with Gasteiger partial charge in [0.25, 0.3) is 0 Å². The molecule has 1 heterocycles. The van der Waals surface area contributed by atoms with E-state index < -0.39 is 5.82 Å². The fourth-order valence-electron chi connectivity index (χ4n) is 2.46. The Morgan fingerprint density at radius 2 is 2.04 bits per heavy atom. The van der Waals surface area contributed by atoms with Crippen LogP contribution in [0.25, 0.3) is 6.08 Å². The number of carbonyl (C=O) groups is 1. The van der Waals surface area contributed by atoms with Crippen LogP contribution in [0.2, 0.25) is 0 Å². The fraction of sp³-hybridized carbons (Fsp3) is 0.211. The first-order chi connectivity index (χ1) is 12.1. The lowest BCUT2D eigenvalue weighted by atomic mass is 10.1. The van der Waals surface area contributed by atoms with E-state index >= 15 is 0 Å². The van der Waals surface area contributed by atoms with Gasteiger partial charge in [-0.2, -0.15) is 0 Å². The van der Waals surface area contributed by atoms with Crippen LogP contribution in [0.15, 0.2) is 36.4 Å². The molecule has 1 amide bonds. The van der Waals surface area contributed by atoms with Gasteiger partial charge in [-0.1, -0.05) is 6.07 Å². The number of halogens is 1. The zero-order chi connectivity index (χ0) is 17.8. The number of ether oxygens (including phenoxy) is 3. The van der Waals surface area contributed by atoms with Crippen molar-refractivity contribution in [1.82, 2.24) is 0 Å². The number of hydrogen-bond donors (Lipinski definition) is 1. The van der Waals surface area contributed by atoms with E-state index in [-0.39, 0.29) is 5.91 Å². The van der Waals surface area contributed by atoms with Crippen molar-refractivity contribution in [1.29, 1.82) is 0 Å². The summed E-state index contributed by atoms with van der Waals surface area (Å²) in [7, 11) is 1.54. The average molecular weight is 343 g/mol. The molecule has 0 radical (unpaired) electrons. The number of fused-ring (bicyclic) bond motifs is 1. The number of hydrogen-bond acceptors (Lipinski definition) is 4. The summed E-state index contributed by atoms with van der Waals surface area (Å²) in [5.74, 6) is 0.916. The molecule has 5 nitrogen and oxygen atoms in total. The predicted molar refractivity (Wildman–Crippen MR) is 92.8 cm³/mol. The van der Waals surface area contributed by atoms with Crippen molar-refractivity contribution in [2.75, 3.05) is 25.6 Å². The molecule has 0 aromatic heterocycles. The first-order valence-electron chi connectivity index (χ1n) is 7.79. The van der Waals surface area contributed by atoms with Crippen LogP contribution < -0.4 is 19.5 Å². The highest BCUT2D eigenvalue weighted by atomic mass is 19.1. The van der Waals surface area contributed by atoms with E-state index in [9.17, 15) is 9.18 Å². The highest BCUT2D eigenvalue weighted by Gasteiger charge is 2.17. The number of amides is 1. The highest BCUT2D eigenvalue weighted by Crippen LogP contribution is 2.40. The molecule has 130 valence electrons. The highest BCUT2D eigenvalue weighted by molar-refractivity contribution is 6.02. The van der Waals surface area contributed by atoms with Crippen molar-refractivity contribution >= 4 is 17.7 Å². The smallest absolute Gasteiger partial charge is 0.248 e. The summed E-state index contributed by atoms with van der Waals surface area (Å²) in [5.41, 5.74) is 1.95. The molecule has 0 saturated carbocycles. The van der Waals surface area contributed by atoms with Gasteiger partial charge in [0.05, 0.1) is 7.11 Å². The standard InChI is InChI=1S/C19H18FNO4/c1-12-3-5-14(20)11-15(12)21-18(22)6-4-13-9-16(23-2)19-17(10-13)24-7-8-25-19/h3-6,9-11H,7-8H2,1-2H3,(H,21,22). The van der Waals surface area contributed by atoms with Gasteiger partial charge in [0.1, 0.15) is 19.0 Å². The van der Waals surface area contributed by atoms with Crippen molar-refractivity contribution in [2.45, 2.75) is 6.92 Å². The number of nitrogens with one attached hydrogen (secondary N) is 1. The summed E-state index contributed by atoms with van der Waals surface area (Å²) in [5, 5.41) is 2.66. The number of carbonyl (C=O) groups excluding carboxylic acids is 1. The molecule has 6 heteroatoms. The molecule has 1 N–H and O–H groups in total. The third-order valence-electron chi connectivity index (χ3n) is 3.73. The molecule has 2 aromatic carbocycles. The molecule has 25 heavy (non-hydrogen) atoms. The summed E-state index contributed by atoms with van der Waals surface area (Å²) in [6.07, 6.45) is 3.00. The molecular weight excluding hydrogens is 325 g/mol. The Labute approximate surface area is 145 Å². The van der Waals surface area contributed by atoms with E-state index in [0.717, 1.165) is 11.1 Å². The fourth-order valence-corrected chi connectivity index (χ4v) is 2.46. The van der Waals surface area contributed by atoms with Crippen LogP contribution in [0.1, 0.15) is 11.1 Å². The normalized spacial score (nSPS) is 12.9. The molecule has 1 aliphatic heterocycles. The number of methoxy groups -OCH3 is 1. The minimum Gasteiger partial charge on any atom is -0.493 e. The van der Waals surface area contributed by atoms with E-state index in [4.69, 9.17) is 14.2 Å². The Morgan fingerprint density at radius 3 is 2.84 bits per heavy atom. The molecule has 2 aromatic rings. The average Bonchev–Trinajstić information content (AvgIpc) is 2.62. The Balaban J connectivity index is 1.77. The molecule has 0 atom stereocenters. The van der Waals surface area contributed by atoms with Gasteiger partial charge in [-0.15, -0.1) is 0 Å². The molecule has 0 fully saturated rings. The Bertz CT molecular complexity index is 815. The lowest BCUT2D eigenvalue weighted by Gasteiger charge is -2.20. The topological polar surface area (TPSA) is 56.8 Å². The van der Waals surface area contributed by atoms with Gasteiger partial charge in [0.15, 0.2) is 11.5 Å². The molecule has 0 saturated heterocycles. The maximum absolute atomic E-state index is 13.3. The van der Waals surface area contributed by atoms with E-state index in [1.54, 1.807) is 38.3 Å². The van der Waals surface area contributed by atoms with E-state index in [1.165, 1.54) is 18.2 Å². The minimum absolute atomic E-state index is 0.359. The molecule has 3 rings (SSSR count). The molecule has 0 unspecified atom stereocenters. The van der Waals surface area contributed by atoms with Crippen molar-refractivity contribution in [2.24, 2.45) is 0 Å². The molecule has 0 aliphatic carbocycles. The van der Waals surface area contributed by atoms with Gasteiger partial charge in [0, 0.05) is 11.8 Å².